The summed E-state index contributed by atoms with van der Waals surface area (Å²) in [4.78, 5) is 11.3. The largest absolute Gasteiger partial charge is 0.355 e. The molecule has 0 aliphatic heterocycles. The molecule has 0 spiro atoms. The Morgan fingerprint density at radius 1 is 1.47 bits per heavy atom. The molecular weight excluding hydrogens is 212 g/mol. The topological polar surface area (TPSA) is 72.2 Å². The smallest absolute Gasteiger partial charge is 0.220 e. The molecule has 0 aromatic carbocycles. The van der Waals surface area contributed by atoms with Crippen LogP contribution in [-0.2, 0) is 15.6 Å². The molecule has 3 N–H and O–H groups in total. The van der Waals surface area contributed by atoms with Gasteiger partial charge >= 0.3 is 0 Å². The van der Waals surface area contributed by atoms with Gasteiger partial charge in [-0.15, -0.1) is 0 Å². The van der Waals surface area contributed by atoms with Gasteiger partial charge in [0.1, 0.15) is 0 Å². The molecular formula is C10H22N2O2S. The van der Waals surface area contributed by atoms with E-state index in [0.717, 1.165) is 12.8 Å². The van der Waals surface area contributed by atoms with Gasteiger partial charge in [-0.1, -0.05) is 0 Å². The standard InChI is InChI=1S/C10H22N2O2S/c1-8(11)5-4-6-10(13)12-7-9(2)15(3)14/h8-9H,4-7,11H2,1-3H3,(H,12,13). The summed E-state index contributed by atoms with van der Waals surface area (Å²) in [6, 6.07) is 0.153. The summed E-state index contributed by atoms with van der Waals surface area (Å²) in [6.45, 7) is 4.28. The maximum Gasteiger partial charge on any atom is 0.220 e. The lowest BCUT2D eigenvalue weighted by molar-refractivity contribution is -0.121. The fraction of sp³-hybridized carbons (Fsp3) is 0.900. The van der Waals surface area contributed by atoms with Gasteiger partial charge in [0.15, 0.2) is 0 Å². The van der Waals surface area contributed by atoms with Crippen LogP contribution in [0.2, 0.25) is 0 Å². The number of nitrogens with two attached hydrogens (primary N) is 1. The molecule has 0 rings (SSSR count). The van der Waals surface area contributed by atoms with Crippen molar-refractivity contribution in [3.63, 3.8) is 0 Å². The highest BCUT2D eigenvalue weighted by molar-refractivity contribution is 7.84. The molecule has 1 amide bonds. The molecule has 0 radical (unpaired) electrons. The van der Waals surface area contributed by atoms with Crippen LogP contribution in [0.15, 0.2) is 0 Å². The third-order valence-electron chi connectivity index (χ3n) is 2.22. The van der Waals surface area contributed by atoms with Crippen molar-refractivity contribution in [1.29, 1.82) is 0 Å². The molecule has 5 heteroatoms. The van der Waals surface area contributed by atoms with Crippen LogP contribution < -0.4 is 11.1 Å². The molecule has 0 saturated carbocycles. The van der Waals surface area contributed by atoms with Crippen LogP contribution >= 0.6 is 0 Å². The Morgan fingerprint density at radius 2 is 2.07 bits per heavy atom. The predicted molar refractivity (Wildman–Crippen MR) is 64.0 cm³/mol. The van der Waals surface area contributed by atoms with Crippen molar-refractivity contribution < 1.29 is 9.00 Å². The first-order valence-corrected chi connectivity index (χ1v) is 6.90. The third kappa shape index (κ3) is 8.57. The molecule has 0 fully saturated rings. The van der Waals surface area contributed by atoms with Crippen molar-refractivity contribution in [1.82, 2.24) is 5.32 Å². The Morgan fingerprint density at radius 3 is 2.53 bits per heavy atom. The first-order chi connectivity index (χ1) is 6.93. The van der Waals surface area contributed by atoms with Crippen molar-refractivity contribution in [2.24, 2.45) is 5.73 Å². The molecule has 90 valence electrons. The number of amides is 1. The molecule has 3 unspecified atom stereocenters. The Labute approximate surface area is 94.4 Å². The number of nitrogens with one attached hydrogen (secondary N) is 1. The van der Waals surface area contributed by atoms with Crippen molar-refractivity contribution in [2.75, 3.05) is 12.8 Å². The molecule has 0 aliphatic carbocycles. The first-order valence-electron chi connectivity index (χ1n) is 5.28. The molecule has 0 aromatic rings. The van der Waals surface area contributed by atoms with Gasteiger partial charge < -0.3 is 11.1 Å². The lowest BCUT2D eigenvalue weighted by Gasteiger charge is -2.10. The highest BCUT2D eigenvalue weighted by Crippen LogP contribution is 1.98. The average Bonchev–Trinajstić information content (AvgIpc) is 2.13. The Hall–Kier alpha value is -0.420. The van der Waals surface area contributed by atoms with Gasteiger partial charge in [-0.3, -0.25) is 9.00 Å². The van der Waals surface area contributed by atoms with E-state index >= 15 is 0 Å². The number of carbonyl (C=O) groups excluding carboxylic acids is 1. The van der Waals surface area contributed by atoms with E-state index < -0.39 is 10.8 Å². The van der Waals surface area contributed by atoms with Crippen LogP contribution in [0.4, 0.5) is 0 Å². The normalized spacial score (nSPS) is 16.8. The fourth-order valence-corrected chi connectivity index (χ4v) is 1.37. The van der Waals surface area contributed by atoms with Crippen LogP contribution in [0.25, 0.3) is 0 Å². The quantitative estimate of drug-likeness (QED) is 0.669. The number of carbonyl (C=O) groups is 1. The number of hydrogen-bond acceptors (Lipinski definition) is 3. The minimum absolute atomic E-state index is 0.0161. The van der Waals surface area contributed by atoms with Crippen LogP contribution in [0.3, 0.4) is 0 Å². The van der Waals surface area contributed by atoms with Gasteiger partial charge in [0, 0.05) is 41.3 Å². The van der Waals surface area contributed by atoms with Crippen molar-refractivity contribution in [2.45, 2.75) is 44.4 Å². The van der Waals surface area contributed by atoms with Crippen LogP contribution in [0, 0.1) is 0 Å². The lowest BCUT2D eigenvalue weighted by Crippen LogP contribution is -2.32. The summed E-state index contributed by atoms with van der Waals surface area (Å²) in [7, 11) is -0.875. The average molecular weight is 234 g/mol. The van der Waals surface area contributed by atoms with E-state index in [1.165, 1.54) is 0 Å². The summed E-state index contributed by atoms with van der Waals surface area (Å²) in [5.41, 5.74) is 5.57. The van der Waals surface area contributed by atoms with Gasteiger partial charge in [0.05, 0.1) is 0 Å². The first kappa shape index (κ1) is 14.6. The Bertz CT molecular complexity index is 219. The van der Waals surface area contributed by atoms with E-state index in [0.29, 0.717) is 13.0 Å². The Kier molecular flexibility index (Phi) is 7.60. The second-order valence-electron chi connectivity index (χ2n) is 3.98. The molecule has 4 nitrogen and oxygen atoms in total. The SMILES string of the molecule is CC(N)CCCC(=O)NCC(C)S(C)=O. The summed E-state index contributed by atoms with van der Waals surface area (Å²) in [6.07, 6.45) is 3.83. The van der Waals surface area contributed by atoms with E-state index in [9.17, 15) is 9.00 Å². The van der Waals surface area contributed by atoms with Crippen LogP contribution in [-0.4, -0.2) is 34.2 Å². The van der Waals surface area contributed by atoms with E-state index in [4.69, 9.17) is 5.73 Å². The van der Waals surface area contributed by atoms with Crippen molar-refractivity contribution in [3.05, 3.63) is 0 Å². The number of hydrogen-bond donors (Lipinski definition) is 2. The monoisotopic (exact) mass is 234 g/mol. The highest BCUT2D eigenvalue weighted by Gasteiger charge is 2.08. The molecule has 0 aliphatic rings. The molecule has 0 bridgehead atoms. The third-order valence-corrected chi connectivity index (χ3v) is 3.52. The van der Waals surface area contributed by atoms with Gasteiger partial charge in [0.25, 0.3) is 0 Å². The molecule has 0 heterocycles. The fourth-order valence-electron chi connectivity index (χ4n) is 1.05. The summed E-state index contributed by atoms with van der Waals surface area (Å²) >= 11 is 0. The Balaban J connectivity index is 3.53. The minimum atomic E-state index is -0.875. The number of rotatable bonds is 7. The van der Waals surface area contributed by atoms with Crippen LogP contribution in [0.1, 0.15) is 33.1 Å². The highest BCUT2D eigenvalue weighted by atomic mass is 32.2. The summed E-state index contributed by atoms with van der Waals surface area (Å²) in [5, 5.41) is 2.78. The molecule has 0 saturated heterocycles. The maximum absolute atomic E-state index is 11.3. The second kappa shape index (κ2) is 7.82. The van der Waals surface area contributed by atoms with E-state index in [1.54, 1.807) is 6.26 Å². The zero-order valence-corrected chi connectivity index (χ0v) is 10.6. The predicted octanol–water partition coefficient (Wildman–Crippen LogP) is 0.387. The molecule has 15 heavy (non-hydrogen) atoms. The lowest BCUT2D eigenvalue weighted by atomic mass is 10.1. The second-order valence-corrected chi connectivity index (χ2v) is 5.78. The van der Waals surface area contributed by atoms with Crippen LogP contribution in [0.5, 0.6) is 0 Å². The van der Waals surface area contributed by atoms with E-state index in [2.05, 4.69) is 5.32 Å². The van der Waals surface area contributed by atoms with Gasteiger partial charge in [-0.2, -0.15) is 0 Å². The summed E-state index contributed by atoms with van der Waals surface area (Å²) < 4.78 is 11.0. The van der Waals surface area contributed by atoms with Gasteiger partial charge in [-0.05, 0) is 26.7 Å². The van der Waals surface area contributed by atoms with Crippen molar-refractivity contribution >= 4 is 16.7 Å². The van der Waals surface area contributed by atoms with Crippen molar-refractivity contribution in [3.8, 4) is 0 Å². The van der Waals surface area contributed by atoms with E-state index in [1.807, 2.05) is 13.8 Å². The van der Waals surface area contributed by atoms with Gasteiger partial charge in [0.2, 0.25) is 5.91 Å². The molecule has 0 aromatic heterocycles. The van der Waals surface area contributed by atoms with Gasteiger partial charge in [-0.25, -0.2) is 0 Å². The minimum Gasteiger partial charge on any atom is -0.355 e. The summed E-state index contributed by atoms with van der Waals surface area (Å²) in [5.74, 6) is 0.0213. The molecule has 3 atom stereocenters. The zero-order valence-electron chi connectivity index (χ0n) is 9.79. The maximum atomic E-state index is 11.3. The zero-order chi connectivity index (χ0) is 11.8. The van der Waals surface area contributed by atoms with E-state index in [-0.39, 0.29) is 17.2 Å².